The summed E-state index contributed by atoms with van der Waals surface area (Å²) < 4.78 is 5.79. The number of ether oxygens (including phenoxy) is 1. The van der Waals surface area contributed by atoms with Crippen molar-refractivity contribution in [2.45, 2.75) is 51.2 Å². The van der Waals surface area contributed by atoms with Gasteiger partial charge >= 0.3 is 0 Å². The minimum absolute atomic E-state index is 0.0408. The maximum absolute atomic E-state index is 12.6. The summed E-state index contributed by atoms with van der Waals surface area (Å²) in [5, 5.41) is 0. The molecule has 3 nitrogen and oxygen atoms in total. The number of amides is 1. The Bertz CT molecular complexity index is 323. The van der Waals surface area contributed by atoms with E-state index in [1.165, 1.54) is 0 Å². The molecule has 2 rings (SSSR count). The Balaban J connectivity index is 2.03. The molecule has 0 aromatic carbocycles. The van der Waals surface area contributed by atoms with Crippen LogP contribution in [0.2, 0.25) is 0 Å². The number of alkyl halides is 1. The molecule has 0 radical (unpaired) electrons. The topological polar surface area (TPSA) is 29.5 Å². The maximum atomic E-state index is 12.6. The molecule has 6 atom stereocenters. The molecule has 0 aromatic heterocycles. The molecule has 104 valence electrons. The first kappa shape index (κ1) is 14.3. The van der Waals surface area contributed by atoms with Gasteiger partial charge in [0.15, 0.2) is 0 Å². The molecule has 0 saturated carbocycles. The van der Waals surface area contributed by atoms with Gasteiger partial charge in [0.05, 0.1) is 18.1 Å². The number of piperidine rings is 1. The summed E-state index contributed by atoms with van der Waals surface area (Å²) in [5.41, 5.74) is 0. The van der Waals surface area contributed by atoms with E-state index in [2.05, 4.69) is 36.7 Å². The van der Waals surface area contributed by atoms with Crippen LogP contribution in [0.25, 0.3) is 0 Å². The normalized spacial score (nSPS) is 45.3. The predicted octanol–water partition coefficient (Wildman–Crippen LogP) is 2.68. The highest BCUT2D eigenvalue weighted by atomic mass is 79.9. The van der Waals surface area contributed by atoms with E-state index in [1.807, 2.05) is 11.8 Å². The number of hydrogen-bond acceptors (Lipinski definition) is 2. The number of carbonyl (C=O) groups excluding carboxylic acids is 1. The standard InChI is InChI=1S/C14H24BrNO2/c1-8-7-16(6-5-12(8)15)14(17)13-9(2)10(3)18-11(13)4/h8-13H,5-7H2,1-4H3. The molecule has 2 saturated heterocycles. The molecule has 0 bridgehead atoms. The molecule has 6 unspecified atom stereocenters. The largest absolute Gasteiger partial charge is 0.374 e. The van der Waals surface area contributed by atoms with Crippen LogP contribution in [0.5, 0.6) is 0 Å². The second-order valence-corrected chi connectivity index (χ2v) is 7.17. The number of nitrogens with zero attached hydrogens (tertiary/aromatic N) is 1. The summed E-state index contributed by atoms with van der Waals surface area (Å²) >= 11 is 3.68. The summed E-state index contributed by atoms with van der Waals surface area (Å²) in [6.07, 6.45) is 1.30. The van der Waals surface area contributed by atoms with Gasteiger partial charge in [-0.15, -0.1) is 0 Å². The van der Waals surface area contributed by atoms with Crippen LogP contribution in [0.3, 0.4) is 0 Å². The molecule has 0 aromatic rings. The fourth-order valence-electron chi connectivity index (χ4n) is 3.22. The van der Waals surface area contributed by atoms with Crippen LogP contribution in [-0.2, 0) is 9.53 Å². The van der Waals surface area contributed by atoms with Crippen molar-refractivity contribution >= 4 is 21.8 Å². The van der Waals surface area contributed by atoms with Crippen LogP contribution < -0.4 is 0 Å². The predicted molar refractivity (Wildman–Crippen MR) is 75.7 cm³/mol. The molecule has 0 N–H and O–H groups in total. The lowest BCUT2D eigenvalue weighted by atomic mass is 9.87. The van der Waals surface area contributed by atoms with E-state index in [0.717, 1.165) is 19.5 Å². The van der Waals surface area contributed by atoms with Crippen LogP contribution in [-0.4, -0.2) is 40.9 Å². The van der Waals surface area contributed by atoms with Crippen molar-refractivity contribution < 1.29 is 9.53 Å². The quantitative estimate of drug-likeness (QED) is 0.696. The highest BCUT2D eigenvalue weighted by molar-refractivity contribution is 9.09. The van der Waals surface area contributed by atoms with E-state index >= 15 is 0 Å². The average Bonchev–Trinajstić information content (AvgIpc) is 2.56. The third kappa shape index (κ3) is 2.60. The van der Waals surface area contributed by atoms with Gasteiger partial charge < -0.3 is 9.64 Å². The Morgan fingerprint density at radius 3 is 2.39 bits per heavy atom. The molecule has 4 heteroatoms. The van der Waals surface area contributed by atoms with Gasteiger partial charge in [-0.2, -0.15) is 0 Å². The number of halogens is 1. The van der Waals surface area contributed by atoms with Gasteiger partial charge in [-0.1, -0.05) is 29.8 Å². The molecule has 2 heterocycles. The Morgan fingerprint density at radius 2 is 1.89 bits per heavy atom. The lowest BCUT2D eigenvalue weighted by Crippen LogP contribution is -2.48. The first-order chi connectivity index (χ1) is 8.41. The third-order valence-electron chi connectivity index (χ3n) is 4.64. The first-order valence-electron chi connectivity index (χ1n) is 7.00. The van der Waals surface area contributed by atoms with E-state index in [1.54, 1.807) is 0 Å². The van der Waals surface area contributed by atoms with Crippen molar-refractivity contribution in [3.8, 4) is 0 Å². The number of likely N-dealkylation sites (tertiary alicyclic amines) is 1. The Morgan fingerprint density at radius 1 is 1.22 bits per heavy atom. The van der Waals surface area contributed by atoms with E-state index in [9.17, 15) is 4.79 Å². The van der Waals surface area contributed by atoms with Crippen LogP contribution in [0.4, 0.5) is 0 Å². The number of rotatable bonds is 1. The Labute approximate surface area is 118 Å². The lowest BCUT2D eigenvalue weighted by molar-refractivity contribution is -0.139. The molecule has 0 aliphatic carbocycles. The van der Waals surface area contributed by atoms with E-state index in [4.69, 9.17) is 4.74 Å². The molecule has 1 amide bonds. The van der Waals surface area contributed by atoms with E-state index in [0.29, 0.717) is 22.6 Å². The highest BCUT2D eigenvalue weighted by Gasteiger charge is 2.44. The molecule has 18 heavy (non-hydrogen) atoms. The van der Waals surface area contributed by atoms with E-state index in [-0.39, 0.29) is 18.1 Å². The number of carbonyl (C=O) groups is 1. The Hall–Kier alpha value is -0.0900. The van der Waals surface area contributed by atoms with Crippen LogP contribution in [0.15, 0.2) is 0 Å². The minimum atomic E-state index is 0.0408. The Kier molecular flexibility index (Phi) is 4.37. The monoisotopic (exact) mass is 317 g/mol. The highest BCUT2D eigenvalue weighted by Crippen LogP contribution is 2.35. The maximum Gasteiger partial charge on any atom is 0.228 e. The first-order valence-corrected chi connectivity index (χ1v) is 7.91. The van der Waals surface area contributed by atoms with Crippen LogP contribution in [0, 0.1) is 17.8 Å². The smallest absolute Gasteiger partial charge is 0.228 e. The molecule has 2 aliphatic heterocycles. The zero-order chi connectivity index (χ0) is 13.4. The fraction of sp³-hybridized carbons (Fsp3) is 0.929. The SMILES string of the molecule is CC1CN(C(=O)C2C(C)OC(C)C2C)CCC1Br. The summed E-state index contributed by atoms with van der Waals surface area (Å²) in [5.74, 6) is 1.20. The van der Waals surface area contributed by atoms with Gasteiger partial charge in [0.25, 0.3) is 0 Å². The second kappa shape index (κ2) is 5.49. The van der Waals surface area contributed by atoms with Crippen LogP contribution in [0.1, 0.15) is 34.1 Å². The van der Waals surface area contributed by atoms with Gasteiger partial charge in [0.1, 0.15) is 0 Å². The zero-order valence-corrected chi connectivity index (χ0v) is 13.3. The lowest BCUT2D eigenvalue weighted by Gasteiger charge is -2.36. The van der Waals surface area contributed by atoms with Gasteiger partial charge in [-0.05, 0) is 32.1 Å². The molecular formula is C14H24BrNO2. The second-order valence-electron chi connectivity index (χ2n) is 6.00. The van der Waals surface area contributed by atoms with Crippen LogP contribution >= 0.6 is 15.9 Å². The minimum Gasteiger partial charge on any atom is -0.374 e. The summed E-state index contributed by atoms with van der Waals surface area (Å²) in [4.78, 5) is 15.2. The van der Waals surface area contributed by atoms with Crippen molar-refractivity contribution in [2.75, 3.05) is 13.1 Å². The van der Waals surface area contributed by atoms with Gasteiger partial charge in [-0.25, -0.2) is 0 Å². The molecular weight excluding hydrogens is 294 g/mol. The van der Waals surface area contributed by atoms with E-state index < -0.39 is 0 Å². The van der Waals surface area contributed by atoms with Gasteiger partial charge in [0, 0.05) is 17.9 Å². The molecule has 2 aliphatic rings. The van der Waals surface area contributed by atoms with Crippen molar-refractivity contribution in [3.63, 3.8) is 0 Å². The zero-order valence-electron chi connectivity index (χ0n) is 11.7. The fourth-order valence-corrected chi connectivity index (χ4v) is 3.59. The summed E-state index contributed by atoms with van der Waals surface area (Å²) in [7, 11) is 0. The molecule has 2 fully saturated rings. The summed E-state index contributed by atoms with van der Waals surface area (Å²) in [6, 6.07) is 0. The third-order valence-corrected chi connectivity index (χ3v) is 6.00. The van der Waals surface area contributed by atoms with Crippen molar-refractivity contribution in [1.82, 2.24) is 4.90 Å². The number of hydrogen-bond donors (Lipinski definition) is 0. The molecule has 0 spiro atoms. The van der Waals surface area contributed by atoms with Gasteiger partial charge in [0.2, 0.25) is 5.91 Å². The summed E-state index contributed by atoms with van der Waals surface area (Å²) in [6.45, 7) is 10.2. The van der Waals surface area contributed by atoms with Crippen molar-refractivity contribution in [1.29, 1.82) is 0 Å². The van der Waals surface area contributed by atoms with Crippen molar-refractivity contribution in [2.24, 2.45) is 17.8 Å². The average molecular weight is 318 g/mol. The van der Waals surface area contributed by atoms with Crippen molar-refractivity contribution in [3.05, 3.63) is 0 Å². The van der Waals surface area contributed by atoms with Gasteiger partial charge in [-0.3, -0.25) is 4.79 Å².